The lowest BCUT2D eigenvalue weighted by Crippen LogP contribution is -2.51. The Morgan fingerprint density at radius 1 is 0.930 bits per heavy atom. The molecule has 0 unspecified atom stereocenters. The number of benzene rings is 3. The maximum absolute atomic E-state index is 12.6. The molecule has 0 bridgehead atoms. The van der Waals surface area contributed by atoms with Crippen molar-refractivity contribution in [2.75, 3.05) is 11.9 Å². The van der Waals surface area contributed by atoms with Crippen LogP contribution in [0, 0.1) is 11.8 Å². The molecule has 0 aliphatic carbocycles. The minimum Gasteiger partial charge on any atom is -0.405 e. The summed E-state index contributed by atoms with van der Waals surface area (Å²) in [7, 11) is 0. The van der Waals surface area contributed by atoms with Gasteiger partial charge >= 0.3 is 6.36 Å². The van der Waals surface area contributed by atoms with E-state index < -0.39 is 36.2 Å². The number of aliphatic hydroxyl groups excluding tert-OH is 1. The number of ether oxygens (including phenoxy) is 1. The highest BCUT2D eigenvalue weighted by Gasteiger charge is 2.32. The number of rotatable bonds is 10. The SMILES string of the molecule is C.C[C@@H](O)[C@H](NC(=O)c1ccc(C#Cc2ccc(NC(=O)CNCc3ccccc3OC(F)(F)F)cc2)cc1)C(=O)NO. The number of alkyl halides is 3. The lowest BCUT2D eigenvalue weighted by molar-refractivity contribution is -0.274. The highest BCUT2D eigenvalue weighted by molar-refractivity contribution is 5.97. The molecule has 3 aromatic rings. The van der Waals surface area contributed by atoms with E-state index >= 15 is 0 Å². The van der Waals surface area contributed by atoms with Crippen molar-refractivity contribution in [3.05, 3.63) is 95.1 Å². The number of hydrogen-bond donors (Lipinski definition) is 6. The van der Waals surface area contributed by atoms with E-state index in [0.717, 1.165) is 0 Å². The Bertz CT molecular complexity index is 1450. The summed E-state index contributed by atoms with van der Waals surface area (Å²) >= 11 is 0. The molecule has 13 heteroatoms. The summed E-state index contributed by atoms with van der Waals surface area (Å²) < 4.78 is 41.7. The molecule has 0 aromatic heterocycles. The van der Waals surface area contributed by atoms with Crippen molar-refractivity contribution in [1.29, 1.82) is 0 Å². The lowest BCUT2D eigenvalue weighted by atomic mass is 10.1. The van der Waals surface area contributed by atoms with Crippen molar-refractivity contribution in [3.8, 4) is 17.6 Å². The van der Waals surface area contributed by atoms with Crippen LogP contribution in [0.15, 0.2) is 72.8 Å². The lowest BCUT2D eigenvalue weighted by Gasteiger charge is -2.19. The number of amides is 3. The summed E-state index contributed by atoms with van der Waals surface area (Å²) in [6, 6.07) is 17.1. The summed E-state index contributed by atoms with van der Waals surface area (Å²) in [5, 5.41) is 26.2. The monoisotopic (exact) mass is 600 g/mol. The van der Waals surface area contributed by atoms with Gasteiger partial charge < -0.3 is 25.8 Å². The summed E-state index contributed by atoms with van der Waals surface area (Å²) in [6.07, 6.45) is -6.05. The van der Waals surface area contributed by atoms with Gasteiger partial charge in [0, 0.05) is 34.5 Å². The predicted octanol–water partition coefficient (Wildman–Crippen LogP) is 3.33. The molecule has 43 heavy (non-hydrogen) atoms. The molecule has 0 aliphatic heterocycles. The molecule has 10 nitrogen and oxygen atoms in total. The molecule has 0 saturated heterocycles. The highest BCUT2D eigenvalue weighted by atomic mass is 19.4. The van der Waals surface area contributed by atoms with Crippen LogP contribution in [0.2, 0.25) is 0 Å². The number of carbonyl (C=O) groups is 3. The van der Waals surface area contributed by atoms with E-state index in [0.29, 0.717) is 16.8 Å². The topological polar surface area (TPSA) is 149 Å². The zero-order chi connectivity index (χ0) is 30.7. The minimum absolute atomic E-state index is 0. The molecule has 0 saturated carbocycles. The third-order valence-electron chi connectivity index (χ3n) is 5.63. The van der Waals surface area contributed by atoms with E-state index in [9.17, 15) is 32.7 Å². The molecule has 0 heterocycles. The fourth-order valence-electron chi connectivity index (χ4n) is 3.58. The fraction of sp³-hybridized carbons (Fsp3) is 0.233. The van der Waals surface area contributed by atoms with Gasteiger partial charge in [0.1, 0.15) is 11.8 Å². The van der Waals surface area contributed by atoms with Crippen molar-refractivity contribution in [1.82, 2.24) is 16.1 Å². The maximum Gasteiger partial charge on any atom is 0.573 e. The van der Waals surface area contributed by atoms with Gasteiger partial charge in [-0.3, -0.25) is 19.6 Å². The summed E-state index contributed by atoms with van der Waals surface area (Å²) in [5.41, 5.74) is 3.59. The summed E-state index contributed by atoms with van der Waals surface area (Å²) in [5.74, 6) is 3.57. The number of nitrogens with one attached hydrogen (secondary N) is 4. The smallest absolute Gasteiger partial charge is 0.405 e. The molecule has 0 aliphatic rings. The van der Waals surface area contributed by atoms with Crippen molar-refractivity contribution < 1.29 is 42.6 Å². The van der Waals surface area contributed by atoms with Crippen molar-refractivity contribution >= 4 is 23.4 Å². The van der Waals surface area contributed by atoms with Crippen LogP contribution < -0.4 is 26.2 Å². The Kier molecular flexibility index (Phi) is 12.7. The highest BCUT2D eigenvalue weighted by Crippen LogP contribution is 2.26. The van der Waals surface area contributed by atoms with Crippen molar-refractivity contribution in [2.45, 2.75) is 39.4 Å². The van der Waals surface area contributed by atoms with Gasteiger partial charge in [-0.15, -0.1) is 13.2 Å². The number of hydrogen-bond acceptors (Lipinski definition) is 7. The second kappa shape index (κ2) is 15.9. The maximum atomic E-state index is 12.6. The Morgan fingerprint density at radius 2 is 1.51 bits per heavy atom. The minimum atomic E-state index is -4.82. The van der Waals surface area contributed by atoms with Crippen LogP contribution in [0.5, 0.6) is 5.75 Å². The van der Waals surface area contributed by atoms with E-state index in [1.807, 2.05) is 0 Å². The van der Waals surface area contributed by atoms with Crippen LogP contribution >= 0.6 is 0 Å². The number of carbonyl (C=O) groups excluding carboxylic acids is 3. The van der Waals surface area contributed by atoms with Gasteiger partial charge in [-0.2, -0.15) is 0 Å². The predicted molar refractivity (Wildman–Crippen MR) is 152 cm³/mol. The molecular formula is C30H31F3N4O6. The number of hydroxylamine groups is 1. The first-order valence-electron chi connectivity index (χ1n) is 12.4. The van der Waals surface area contributed by atoms with E-state index in [2.05, 4.69) is 32.5 Å². The Labute approximate surface area is 246 Å². The number of halogens is 3. The molecule has 6 N–H and O–H groups in total. The molecule has 3 amide bonds. The van der Waals surface area contributed by atoms with Crippen LogP contribution in [0.25, 0.3) is 0 Å². The molecular weight excluding hydrogens is 569 g/mol. The number of anilines is 1. The van der Waals surface area contributed by atoms with Crippen molar-refractivity contribution in [2.24, 2.45) is 0 Å². The van der Waals surface area contributed by atoms with E-state index in [1.54, 1.807) is 42.5 Å². The zero-order valence-corrected chi connectivity index (χ0v) is 22.2. The zero-order valence-electron chi connectivity index (χ0n) is 22.2. The van der Waals surface area contributed by atoms with Gasteiger partial charge in [-0.05, 0) is 61.5 Å². The second-order valence-electron chi connectivity index (χ2n) is 8.88. The first-order valence-corrected chi connectivity index (χ1v) is 12.4. The van der Waals surface area contributed by atoms with Gasteiger partial charge in [-0.25, -0.2) is 5.48 Å². The molecule has 0 fully saturated rings. The average Bonchev–Trinajstić information content (AvgIpc) is 2.95. The van der Waals surface area contributed by atoms with Gasteiger partial charge in [0.15, 0.2) is 0 Å². The molecule has 3 aromatic carbocycles. The molecule has 228 valence electrons. The number of para-hydroxylation sites is 1. The van der Waals surface area contributed by atoms with Crippen molar-refractivity contribution in [3.63, 3.8) is 0 Å². The van der Waals surface area contributed by atoms with E-state index in [1.165, 1.54) is 42.7 Å². The Hall–Kier alpha value is -4.90. The van der Waals surface area contributed by atoms with Crippen LogP contribution in [0.4, 0.5) is 18.9 Å². The van der Waals surface area contributed by atoms with Crippen LogP contribution in [0.3, 0.4) is 0 Å². The fourth-order valence-corrected chi connectivity index (χ4v) is 3.58. The third kappa shape index (κ3) is 11.1. The first kappa shape index (κ1) is 34.3. The van der Waals surface area contributed by atoms with Gasteiger partial charge in [-0.1, -0.05) is 37.5 Å². The number of aliphatic hydroxyl groups is 1. The van der Waals surface area contributed by atoms with Crippen LogP contribution in [0.1, 0.15) is 41.4 Å². The molecule has 3 rings (SSSR count). The Balaban J connectivity index is 0.00000645. The second-order valence-corrected chi connectivity index (χ2v) is 8.88. The van der Waals surface area contributed by atoms with Gasteiger partial charge in [0.2, 0.25) is 5.91 Å². The van der Waals surface area contributed by atoms with Crippen LogP contribution in [-0.4, -0.2) is 53.1 Å². The van der Waals surface area contributed by atoms with Gasteiger partial charge in [0.05, 0.1) is 12.6 Å². The molecule has 2 atom stereocenters. The third-order valence-corrected chi connectivity index (χ3v) is 5.63. The summed E-state index contributed by atoms with van der Waals surface area (Å²) in [4.78, 5) is 36.2. The quantitative estimate of drug-likeness (QED) is 0.119. The average molecular weight is 601 g/mol. The largest absolute Gasteiger partial charge is 0.573 e. The Morgan fingerprint density at radius 3 is 2.07 bits per heavy atom. The first-order chi connectivity index (χ1) is 19.9. The van der Waals surface area contributed by atoms with E-state index in [4.69, 9.17) is 5.21 Å². The standard InChI is InChI=1S/C29H27F3N4O6.CH4/c1-18(37)26(28(40)36-41)35-27(39)21-12-8-19(9-13-21)6-7-20-10-14-23(15-11-20)34-25(38)17-33-16-22-4-2-3-5-24(22)42-29(30,31)32;/h2-5,8-15,18,26,33,37,41H,16-17H2,1H3,(H,34,38)(H,35,39)(H,36,40);1H4/t18-,26+;/m1./s1. The van der Waals surface area contributed by atoms with Crippen LogP contribution in [-0.2, 0) is 16.1 Å². The molecule has 0 spiro atoms. The van der Waals surface area contributed by atoms with Gasteiger partial charge in [0.25, 0.3) is 11.8 Å². The molecule has 0 radical (unpaired) electrons. The normalized spacial score (nSPS) is 12.0. The van der Waals surface area contributed by atoms with E-state index in [-0.39, 0.29) is 37.4 Å². The summed E-state index contributed by atoms with van der Waals surface area (Å²) in [6.45, 7) is 1.13.